The van der Waals surface area contributed by atoms with Gasteiger partial charge in [-0.25, -0.2) is 4.68 Å². The fourth-order valence-corrected chi connectivity index (χ4v) is 3.15. The summed E-state index contributed by atoms with van der Waals surface area (Å²) in [5.41, 5.74) is 7.95. The molecule has 0 fully saturated rings. The van der Waals surface area contributed by atoms with Crippen molar-refractivity contribution in [2.75, 3.05) is 5.73 Å². The van der Waals surface area contributed by atoms with Crippen molar-refractivity contribution in [2.24, 2.45) is 5.18 Å². The first-order valence-corrected chi connectivity index (χ1v) is 7.64. The molecule has 0 spiro atoms. The minimum Gasteiger partial charge on any atom is -0.383 e. The molecule has 2 N–H and O–H groups in total. The minimum atomic E-state index is -0.301. The Labute approximate surface area is 137 Å². The minimum absolute atomic E-state index is 0.243. The number of hydrogen-bond acceptors (Lipinski definition) is 5. The number of aromatic nitrogens is 3. The van der Waals surface area contributed by atoms with E-state index in [9.17, 15) is 9.70 Å². The predicted molar refractivity (Wildman–Crippen MR) is 97.8 cm³/mol. The van der Waals surface area contributed by atoms with Crippen LogP contribution in [0.15, 0.2) is 58.5 Å². The highest BCUT2D eigenvalue weighted by Crippen LogP contribution is 2.30. The monoisotopic (exact) mass is 337 g/mol. The Balaban J connectivity index is 2.18. The lowest BCUT2D eigenvalue weighted by atomic mass is 10.1. The quantitative estimate of drug-likeness (QED) is 0.449. The summed E-state index contributed by atoms with van der Waals surface area (Å²) in [6.07, 6.45) is 0. The topological polar surface area (TPSA) is 95.3 Å². The fraction of sp³-hybridized carbons (Fsp3) is 0. The van der Waals surface area contributed by atoms with Gasteiger partial charge in [0, 0.05) is 5.39 Å². The number of nitrogens with two attached hydrogens (primary N) is 1. The second kappa shape index (κ2) is 5.25. The highest BCUT2D eigenvalue weighted by Gasteiger charge is 2.18. The first kappa shape index (κ1) is 14.5. The van der Waals surface area contributed by atoms with Gasteiger partial charge in [-0.2, -0.15) is 5.10 Å². The van der Waals surface area contributed by atoms with Crippen molar-refractivity contribution in [3.05, 3.63) is 63.8 Å². The summed E-state index contributed by atoms with van der Waals surface area (Å²) < 4.78 is 2.92. The lowest BCUT2D eigenvalue weighted by Gasteiger charge is -2.05. The number of fused-ring (bicyclic) bond motifs is 3. The Kier molecular flexibility index (Phi) is 3.18. The Hall–Kier alpha value is -3.05. The van der Waals surface area contributed by atoms with Gasteiger partial charge in [0.2, 0.25) is 0 Å². The third kappa shape index (κ3) is 1.95. The average Bonchev–Trinajstić information content (AvgIpc) is 2.97. The molecule has 1 atom stereocenters. The highest BCUT2D eigenvalue weighted by atomic mass is 31.0. The molecule has 0 aliphatic rings. The van der Waals surface area contributed by atoms with E-state index in [2.05, 4.69) is 19.7 Å². The number of anilines is 1. The zero-order chi connectivity index (χ0) is 16.8. The largest absolute Gasteiger partial charge is 0.383 e. The normalized spacial score (nSPS) is 11.2. The van der Waals surface area contributed by atoms with Crippen molar-refractivity contribution in [2.45, 2.75) is 0 Å². The Bertz CT molecular complexity index is 1160. The second-order valence-corrected chi connectivity index (χ2v) is 5.84. The number of pyridine rings is 1. The number of para-hydroxylation sites is 1. The predicted octanol–water partition coefficient (Wildman–Crippen LogP) is 2.96. The Morgan fingerprint density at radius 3 is 2.58 bits per heavy atom. The van der Waals surface area contributed by atoms with E-state index in [1.807, 2.05) is 30.3 Å². The summed E-state index contributed by atoms with van der Waals surface area (Å²) in [5.74, 6) is 0.275. The van der Waals surface area contributed by atoms with Gasteiger partial charge in [-0.15, -0.1) is 4.91 Å². The van der Waals surface area contributed by atoms with Crippen LogP contribution in [0.5, 0.6) is 0 Å². The molecule has 2 aromatic carbocycles. The van der Waals surface area contributed by atoms with Crippen molar-refractivity contribution in [1.82, 2.24) is 14.1 Å². The molecule has 118 valence electrons. The lowest BCUT2D eigenvalue weighted by molar-refractivity contribution is 0.909. The Morgan fingerprint density at radius 2 is 1.88 bits per heavy atom. The molecule has 1 unspecified atom stereocenters. The van der Waals surface area contributed by atoms with Crippen molar-refractivity contribution in [3.8, 4) is 5.69 Å². The van der Waals surface area contributed by atoms with Crippen LogP contribution in [-0.4, -0.2) is 14.1 Å². The van der Waals surface area contributed by atoms with Gasteiger partial charge in [-0.3, -0.25) is 9.13 Å². The summed E-state index contributed by atoms with van der Waals surface area (Å²) in [6.45, 7) is 0. The molecule has 0 aliphatic carbocycles. The van der Waals surface area contributed by atoms with Crippen LogP contribution in [0.25, 0.3) is 27.5 Å². The molecule has 2 heterocycles. The molecule has 0 saturated heterocycles. The zero-order valence-electron chi connectivity index (χ0n) is 12.4. The molecular weight excluding hydrogens is 325 g/mol. The van der Waals surface area contributed by atoms with Gasteiger partial charge in [0.25, 0.3) is 5.56 Å². The summed E-state index contributed by atoms with van der Waals surface area (Å²) >= 11 is 0. The van der Waals surface area contributed by atoms with Crippen LogP contribution in [0.4, 0.5) is 11.5 Å². The van der Waals surface area contributed by atoms with Crippen LogP contribution in [0.3, 0.4) is 0 Å². The van der Waals surface area contributed by atoms with Crippen LogP contribution >= 0.6 is 9.39 Å². The van der Waals surface area contributed by atoms with Gasteiger partial charge in [0.1, 0.15) is 22.4 Å². The molecule has 0 bridgehead atoms. The second-order valence-electron chi connectivity index (χ2n) is 5.32. The molecule has 0 amide bonds. The van der Waals surface area contributed by atoms with Gasteiger partial charge in [-0.1, -0.05) is 18.2 Å². The summed E-state index contributed by atoms with van der Waals surface area (Å²) in [7, 11) is 2.35. The van der Waals surface area contributed by atoms with Crippen molar-refractivity contribution in [1.29, 1.82) is 0 Å². The van der Waals surface area contributed by atoms with E-state index >= 15 is 0 Å². The smallest absolute Gasteiger partial charge is 0.267 e. The van der Waals surface area contributed by atoms with Gasteiger partial charge >= 0.3 is 0 Å². The molecular formula is C16H12N5O2P. The summed E-state index contributed by atoms with van der Waals surface area (Å²) in [5, 5.41) is 8.50. The molecule has 7 nitrogen and oxygen atoms in total. The molecule has 8 heteroatoms. The van der Waals surface area contributed by atoms with Crippen molar-refractivity contribution >= 4 is 42.7 Å². The molecule has 2 aromatic heterocycles. The van der Waals surface area contributed by atoms with E-state index in [1.165, 1.54) is 4.34 Å². The number of rotatable bonds is 2. The molecule has 0 aliphatic heterocycles. The van der Waals surface area contributed by atoms with E-state index in [1.54, 1.807) is 22.9 Å². The third-order valence-electron chi connectivity index (χ3n) is 3.96. The summed E-state index contributed by atoms with van der Waals surface area (Å²) in [6, 6.07) is 14.2. The molecule has 4 rings (SSSR count). The van der Waals surface area contributed by atoms with Crippen molar-refractivity contribution in [3.63, 3.8) is 0 Å². The highest BCUT2D eigenvalue weighted by molar-refractivity contribution is 7.14. The van der Waals surface area contributed by atoms with Crippen LogP contribution in [0.2, 0.25) is 0 Å². The SMILES string of the molecule is Nc1c2c(=O)n(P)c3cc(N=O)ccc3c2nn1-c1ccccc1. The zero-order valence-corrected chi connectivity index (χ0v) is 13.5. The van der Waals surface area contributed by atoms with E-state index in [4.69, 9.17) is 5.73 Å². The first-order chi connectivity index (χ1) is 11.6. The number of hydrogen-bond donors (Lipinski definition) is 1. The van der Waals surface area contributed by atoms with Gasteiger partial charge in [0.05, 0.1) is 11.2 Å². The summed E-state index contributed by atoms with van der Waals surface area (Å²) in [4.78, 5) is 23.5. The maximum atomic E-state index is 12.7. The molecule has 24 heavy (non-hydrogen) atoms. The van der Waals surface area contributed by atoms with Crippen LogP contribution < -0.4 is 11.3 Å². The fourth-order valence-electron chi connectivity index (χ4n) is 2.80. The maximum absolute atomic E-state index is 12.7. The molecule has 0 saturated carbocycles. The number of nitroso groups, excluding NO2 is 1. The van der Waals surface area contributed by atoms with Gasteiger partial charge < -0.3 is 5.73 Å². The number of nitrogen functional groups attached to an aromatic ring is 1. The van der Waals surface area contributed by atoms with E-state index in [0.717, 1.165) is 5.69 Å². The van der Waals surface area contributed by atoms with E-state index < -0.39 is 0 Å². The van der Waals surface area contributed by atoms with E-state index in [-0.39, 0.29) is 17.1 Å². The molecule has 0 radical (unpaired) electrons. The number of benzene rings is 2. The van der Waals surface area contributed by atoms with Crippen LogP contribution in [0, 0.1) is 4.91 Å². The van der Waals surface area contributed by atoms with Gasteiger partial charge in [0.15, 0.2) is 0 Å². The standard InChI is InChI=1S/C16H12N5O2P/c17-15-13-14(18-20(15)10-4-2-1-3-5-10)11-7-6-9(19-23)8-12(11)21(24)16(13)22/h1-8H,17,24H2. The van der Waals surface area contributed by atoms with Crippen LogP contribution in [-0.2, 0) is 0 Å². The van der Waals surface area contributed by atoms with Crippen LogP contribution in [0.1, 0.15) is 0 Å². The molecule has 4 aromatic rings. The van der Waals surface area contributed by atoms with Crippen molar-refractivity contribution < 1.29 is 0 Å². The van der Waals surface area contributed by atoms with E-state index in [0.29, 0.717) is 21.8 Å². The average molecular weight is 337 g/mol. The Morgan fingerprint density at radius 1 is 1.12 bits per heavy atom. The number of nitrogens with zero attached hydrogens (tertiary/aromatic N) is 4. The maximum Gasteiger partial charge on any atom is 0.267 e. The van der Waals surface area contributed by atoms with Gasteiger partial charge in [-0.05, 0) is 44.9 Å². The first-order valence-electron chi connectivity index (χ1n) is 7.12. The lowest BCUT2D eigenvalue weighted by Crippen LogP contribution is -2.14. The third-order valence-corrected chi connectivity index (χ3v) is 4.47.